The summed E-state index contributed by atoms with van der Waals surface area (Å²) in [6.07, 6.45) is 3.01. The van der Waals surface area contributed by atoms with Gasteiger partial charge in [-0.05, 0) is 40.0 Å². The second kappa shape index (κ2) is 6.50. The topological polar surface area (TPSA) is 68.2 Å². The number of carbonyl (C=O) groups excluding carboxylic acids is 1. The van der Waals surface area contributed by atoms with Gasteiger partial charge >= 0.3 is 6.09 Å². The first kappa shape index (κ1) is 16.5. The van der Waals surface area contributed by atoms with Gasteiger partial charge in [-0.2, -0.15) is 0 Å². The van der Waals surface area contributed by atoms with Gasteiger partial charge in [-0.1, -0.05) is 6.42 Å². The van der Waals surface area contributed by atoms with Crippen LogP contribution in [0.3, 0.4) is 0 Å². The molecule has 0 unspecified atom stereocenters. The van der Waals surface area contributed by atoms with Crippen LogP contribution in [0.2, 0.25) is 0 Å². The van der Waals surface area contributed by atoms with Crippen LogP contribution in [0, 0.1) is 0 Å². The van der Waals surface area contributed by atoms with Crippen LogP contribution in [-0.2, 0) is 14.2 Å². The summed E-state index contributed by atoms with van der Waals surface area (Å²) in [5.74, 6) is 0. The largest absolute Gasteiger partial charge is 0.444 e. The van der Waals surface area contributed by atoms with Crippen LogP contribution in [0.15, 0.2) is 0 Å². The van der Waals surface area contributed by atoms with E-state index in [4.69, 9.17) is 14.2 Å². The van der Waals surface area contributed by atoms with Crippen LogP contribution in [0.4, 0.5) is 4.79 Å². The molecule has 0 aromatic rings. The number of β-amino-alcohol motifs (C(OH)–C–C–N with tert-alkyl or cyclic N) is 1. The Labute approximate surface area is 126 Å². The Bertz CT molecular complexity index is 354. The molecule has 2 aliphatic rings. The van der Waals surface area contributed by atoms with E-state index in [1.165, 1.54) is 0 Å². The van der Waals surface area contributed by atoms with Gasteiger partial charge in [-0.3, -0.25) is 0 Å². The first-order valence-corrected chi connectivity index (χ1v) is 7.71. The molecule has 2 saturated heterocycles. The van der Waals surface area contributed by atoms with Gasteiger partial charge in [0.2, 0.25) is 0 Å². The molecule has 2 rings (SSSR count). The maximum absolute atomic E-state index is 11.8. The number of unbranched alkanes of at least 4 members (excludes halogenated alkanes) is 1. The number of carbonyl (C=O) groups is 1. The molecule has 0 saturated carbocycles. The first-order chi connectivity index (χ1) is 9.77. The van der Waals surface area contributed by atoms with E-state index in [1.807, 2.05) is 20.8 Å². The van der Waals surface area contributed by atoms with Gasteiger partial charge in [0.25, 0.3) is 0 Å². The monoisotopic (exact) mass is 301 g/mol. The SMILES string of the molecule is CC(C)(C)OC(=O)N1CC(O)(CCCCC2OCCO2)C1. The van der Waals surface area contributed by atoms with Crippen molar-refractivity contribution in [3.8, 4) is 0 Å². The lowest BCUT2D eigenvalue weighted by Crippen LogP contribution is -2.64. The summed E-state index contributed by atoms with van der Waals surface area (Å²) in [7, 11) is 0. The zero-order valence-corrected chi connectivity index (χ0v) is 13.3. The molecular formula is C15H27NO5. The number of ether oxygens (including phenoxy) is 3. The molecular weight excluding hydrogens is 274 g/mol. The lowest BCUT2D eigenvalue weighted by Gasteiger charge is -2.46. The smallest absolute Gasteiger partial charge is 0.410 e. The molecule has 0 bridgehead atoms. The molecule has 1 N–H and O–H groups in total. The number of amides is 1. The van der Waals surface area contributed by atoms with E-state index in [-0.39, 0.29) is 12.4 Å². The molecule has 2 heterocycles. The van der Waals surface area contributed by atoms with Crippen molar-refractivity contribution < 1.29 is 24.1 Å². The minimum atomic E-state index is -0.756. The molecule has 1 amide bonds. The molecule has 0 radical (unpaired) electrons. The van der Waals surface area contributed by atoms with Gasteiger partial charge in [-0.25, -0.2) is 4.79 Å². The van der Waals surface area contributed by atoms with Crippen molar-refractivity contribution in [1.82, 2.24) is 4.90 Å². The molecule has 0 aliphatic carbocycles. The maximum atomic E-state index is 11.8. The Kier molecular flexibility index (Phi) is 5.11. The molecule has 6 heteroatoms. The average Bonchev–Trinajstić information content (AvgIpc) is 2.82. The van der Waals surface area contributed by atoms with Gasteiger partial charge in [0, 0.05) is 0 Å². The van der Waals surface area contributed by atoms with Crippen LogP contribution in [0.5, 0.6) is 0 Å². The quantitative estimate of drug-likeness (QED) is 0.786. The fourth-order valence-corrected chi connectivity index (χ4v) is 2.62. The lowest BCUT2D eigenvalue weighted by molar-refractivity contribution is -0.104. The van der Waals surface area contributed by atoms with Crippen LogP contribution in [-0.4, -0.2) is 59.9 Å². The van der Waals surface area contributed by atoms with Crippen molar-refractivity contribution in [3.05, 3.63) is 0 Å². The predicted octanol–water partition coefficient (Wildman–Crippen LogP) is 1.90. The summed E-state index contributed by atoms with van der Waals surface area (Å²) >= 11 is 0. The van der Waals surface area contributed by atoms with Crippen LogP contribution < -0.4 is 0 Å². The zero-order chi connectivity index (χ0) is 15.5. The van der Waals surface area contributed by atoms with Gasteiger partial charge in [-0.15, -0.1) is 0 Å². The van der Waals surface area contributed by atoms with Crippen molar-refractivity contribution in [2.45, 2.75) is 63.9 Å². The van der Waals surface area contributed by atoms with Crippen molar-refractivity contribution in [3.63, 3.8) is 0 Å². The number of nitrogens with zero attached hydrogens (tertiary/aromatic N) is 1. The summed E-state index contributed by atoms with van der Waals surface area (Å²) in [6, 6.07) is 0. The van der Waals surface area contributed by atoms with E-state index in [2.05, 4.69) is 0 Å². The fraction of sp³-hybridized carbons (Fsp3) is 0.933. The van der Waals surface area contributed by atoms with E-state index < -0.39 is 11.2 Å². The molecule has 2 fully saturated rings. The number of likely N-dealkylation sites (tertiary alicyclic amines) is 1. The molecule has 6 nitrogen and oxygen atoms in total. The minimum absolute atomic E-state index is 0.0701. The molecule has 21 heavy (non-hydrogen) atoms. The van der Waals surface area contributed by atoms with Crippen molar-refractivity contribution in [2.24, 2.45) is 0 Å². The minimum Gasteiger partial charge on any atom is -0.444 e. The standard InChI is InChI=1S/C15H27NO5/c1-14(2,3)21-13(17)16-10-15(18,11-16)7-5-4-6-12-19-8-9-20-12/h12,18H,4-11H2,1-3H3. The third kappa shape index (κ3) is 5.13. The van der Waals surface area contributed by atoms with E-state index in [0.29, 0.717) is 32.7 Å². The van der Waals surface area contributed by atoms with Gasteiger partial charge in [0.1, 0.15) is 5.60 Å². The van der Waals surface area contributed by atoms with E-state index >= 15 is 0 Å². The second-order valence-electron chi connectivity index (χ2n) is 6.98. The predicted molar refractivity (Wildman–Crippen MR) is 76.9 cm³/mol. The van der Waals surface area contributed by atoms with Crippen LogP contribution in [0.25, 0.3) is 0 Å². The fourth-order valence-electron chi connectivity index (χ4n) is 2.62. The van der Waals surface area contributed by atoms with Gasteiger partial charge in [0.05, 0.1) is 31.9 Å². The highest BCUT2D eigenvalue weighted by Gasteiger charge is 2.44. The molecule has 0 spiro atoms. The van der Waals surface area contributed by atoms with Crippen molar-refractivity contribution in [1.29, 1.82) is 0 Å². The normalized spacial score (nSPS) is 22.2. The number of hydrogen-bond donors (Lipinski definition) is 1. The molecule has 0 atom stereocenters. The van der Waals surface area contributed by atoms with Crippen LogP contribution in [0.1, 0.15) is 46.5 Å². The number of hydrogen-bond acceptors (Lipinski definition) is 5. The molecule has 0 aromatic carbocycles. The lowest BCUT2D eigenvalue weighted by atomic mass is 9.88. The van der Waals surface area contributed by atoms with Crippen LogP contribution >= 0.6 is 0 Å². The average molecular weight is 301 g/mol. The number of rotatable bonds is 5. The summed E-state index contributed by atoms with van der Waals surface area (Å²) in [4.78, 5) is 13.3. The van der Waals surface area contributed by atoms with Gasteiger partial charge < -0.3 is 24.2 Å². The Morgan fingerprint density at radius 1 is 1.29 bits per heavy atom. The third-order valence-electron chi connectivity index (χ3n) is 3.64. The molecule has 0 aromatic heterocycles. The highest BCUT2D eigenvalue weighted by atomic mass is 16.7. The molecule has 2 aliphatic heterocycles. The van der Waals surface area contributed by atoms with E-state index in [9.17, 15) is 9.90 Å². The summed E-state index contributed by atoms with van der Waals surface area (Å²) in [5, 5.41) is 10.3. The zero-order valence-electron chi connectivity index (χ0n) is 13.3. The summed E-state index contributed by atoms with van der Waals surface area (Å²) in [5.41, 5.74) is -1.25. The Morgan fingerprint density at radius 2 is 1.90 bits per heavy atom. The van der Waals surface area contributed by atoms with E-state index in [0.717, 1.165) is 19.3 Å². The summed E-state index contributed by atoms with van der Waals surface area (Å²) < 4.78 is 16.0. The van der Waals surface area contributed by atoms with Gasteiger partial charge in [0.15, 0.2) is 6.29 Å². The third-order valence-corrected chi connectivity index (χ3v) is 3.64. The highest BCUT2D eigenvalue weighted by Crippen LogP contribution is 2.28. The Hall–Kier alpha value is -0.850. The number of aliphatic hydroxyl groups is 1. The van der Waals surface area contributed by atoms with E-state index in [1.54, 1.807) is 4.90 Å². The van der Waals surface area contributed by atoms with Crippen molar-refractivity contribution in [2.75, 3.05) is 26.3 Å². The first-order valence-electron chi connectivity index (χ1n) is 7.71. The molecule has 122 valence electrons. The Morgan fingerprint density at radius 3 is 2.48 bits per heavy atom. The highest BCUT2D eigenvalue weighted by molar-refractivity contribution is 5.69. The Balaban J connectivity index is 1.59. The summed E-state index contributed by atoms with van der Waals surface area (Å²) in [6.45, 7) is 7.59. The van der Waals surface area contributed by atoms with Crippen molar-refractivity contribution >= 4 is 6.09 Å². The maximum Gasteiger partial charge on any atom is 0.410 e. The second-order valence-corrected chi connectivity index (χ2v) is 6.98.